The lowest BCUT2D eigenvalue weighted by Crippen LogP contribution is -2.36. The summed E-state index contributed by atoms with van der Waals surface area (Å²) in [6, 6.07) is 9.09. The minimum atomic E-state index is -1.56. The molecule has 0 unspecified atom stereocenters. The lowest BCUT2D eigenvalue weighted by atomic mass is 10.1. The molecule has 0 aliphatic heterocycles. The van der Waals surface area contributed by atoms with Gasteiger partial charge >= 0.3 is 5.97 Å². The Hall–Kier alpha value is -2.29. The van der Waals surface area contributed by atoms with Crippen LogP contribution in [0.1, 0.15) is 50.8 Å². The normalized spacial score (nSPS) is 14.5. The molecule has 3 N–H and O–H groups in total. The fraction of sp³-hybridized carbons (Fsp3) is 0.526. The van der Waals surface area contributed by atoms with Crippen LogP contribution < -0.4 is 0 Å². The topological polar surface area (TPSA) is 118 Å². The average molecular weight is 377 g/mol. The first-order valence-electron chi connectivity index (χ1n) is 9.20. The number of esters is 1. The molecule has 0 amide bonds. The number of aliphatic hydroxyl groups is 3. The molecule has 1 aromatic heterocycles. The molecular formula is C19H27N3O5. The maximum absolute atomic E-state index is 11.6. The Labute approximate surface area is 158 Å². The van der Waals surface area contributed by atoms with Crippen LogP contribution in [0.15, 0.2) is 36.5 Å². The summed E-state index contributed by atoms with van der Waals surface area (Å²) in [6.45, 7) is 1.69. The monoisotopic (exact) mass is 377 g/mol. The Morgan fingerprint density at radius 2 is 1.89 bits per heavy atom. The average Bonchev–Trinajstić information content (AvgIpc) is 3.19. The van der Waals surface area contributed by atoms with Crippen LogP contribution in [0.3, 0.4) is 0 Å². The first-order valence-corrected chi connectivity index (χ1v) is 9.20. The van der Waals surface area contributed by atoms with Gasteiger partial charge in [-0.15, -0.1) is 0 Å². The van der Waals surface area contributed by atoms with Gasteiger partial charge in [0.1, 0.15) is 30.6 Å². The highest BCUT2D eigenvalue weighted by atomic mass is 16.5. The molecule has 1 heterocycles. The fourth-order valence-corrected chi connectivity index (χ4v) is 2.53. The van der Waals surface area contributed by atoms with Crippen LogP contribution in [0.25, 0.3) is 5.69 Å². The molecule has 2 rings (SSSR count). The van der Waals surface area contributed by atoms with Crippen LogP contribution in [0.2, 0.25) is 0 Å². The number of aromatic nitrogens is 3. The van der Waals surface area contributed by atoms with Crippen LogP contribution in [-0.4, -0.2) is 55.1 Å². The fourth-order valence-electron chi connectivity index (χ4n) is 2.53. The van der Waals surface area contributed by atoms with E-state index in [1.807, 2.05) is 18.2 Å². The Bertz CT molecular complexity index is 692. The van der Waals surface area contributed by atoms with E-state index in [1.54, 1.807) is 12.1 Å². The van der Waals surface area contributed by atoms with Crippen molar-refractivity contribution in [3.05, 3.63) is 42.2 Å². The van der Waals surface area contributed by atoms with E-state index in [2.05, 4.69) is 17.1 Å². The largest absolute Gasteiger partial charge is 0.463 e. The molecule has 0 radical (unpaired) electrons. The number of unbranched alkanes of at least 4 members (excludes halogenated alkanes) is 3. The van der Waals surface area contributed by atoms with Gasteiger partial charge in [-0.3, -0.25) is 4.79 Å². The number of carbonyl (C=O) groups is 1. The molecule has 8 heteroatoms. The second-order valence-electron chi connectivity index (χ2n) is 6.39. The number of para-hydroxylation sites is 1. The summed E-state index contributed by atoms with van der Waals surface area (Å²) in [4.78, 5) is 12.9. The number of hydrogen-bond acceptors (Lipinski definition) is 7. The molecule has 0 saturated carbocycles. The van der Waals surface area contributed by atoms with Gasteiger partial charge in [0.25, 0.3) is 0 Å². The van der Waals surface area contributed by atoms with E-state index in [4.69, 9.17) is 4.74 Å². The molecule has 8 nitrogen and oxygen atoms in total. The summed E-state index contributed by atoms with van der Waals surface area (Å²) in [5, 5.41) is 38.5. The van der Waals surface area contributed by atoms with E-state index in [0.29, 0.717) is 5.69 Å². The smallest absolute Gasteiger partial charge is 0.305 e. The van der Waals surface area contributed by atoms with Gasteiger partial charge in [-0.1, -0.05) is 44.4 Å². The maximum Gasteiger partial charge on any atom is 0.305 e. The van der Waals surface area contributed by atoms with Crippen molar-refractivity contribution in [2.24, 2.45) is 0 Å². The Morgan fingerprint density at radius 3 is 2.59 bits per heavy atom. The van der Waals surface area contributed by atoms with E-state index in [1.165, 1.54) is 11.0 Å². The quantitative estimate of drug-likeness (QED) is 0.401. The first-order chi connectivity index (χ1) is 13.0. The molecule has 2 aromatic rings. The van der Waals surface area contributed by atoms with Gasteiger partial charge in [0.2, 0.25) is 0 Å². The minimum Gasteiger partial charge on any atom is -0.463 e. The minimum absolute atomic E-state index is 0.108. The van der Waals surface area contributed by atoms with E-state index in [-0.39, 0.29) is 12.1 Å². The van der Waals surface area contributed by atoms with Gasteiger partial charge in [0.05, 0.1) is 11.9 Å². The highest BCUT2D eigenvalue weighted by molar-refractivity contribution is 5.69. The van der Waals surface area contributed by atoms with Gasteiger partial charge < -0.3 is 20.1 Å². The van der Waals surface area contributed by atoms with Gasteiger partial charge in [-0.25, -0.2) is 0 Å². The molecule has 1 aromatic carbocycles. The van der Waals surface area contributed by atoms with Crippen molar-refractivity contribution in [3.63, 3.8) is 0 Å². The number of ether oxygens (including phenoxy) is 1. The van der Waals surface area contributed by atoms with Crippen LogP contribution >= 0.6 is 0 Å². The lowest BCUT2D eigenvalue weighted by Gasteiger charge is -2.21. The number of nitrogens with zero attached hydrogens (tertiary/aromatic N) is 3. The predicted molar refractivity (Wildman–Crippen MR) is 98.1 cm³/mol. The van der Waals surface area contributed by atoms with E-state index >= 15 is 0 Å². The van der Waals surface area contributed by atoms with E-state index in [9.17, 15) is 20.1 Å². The number of aliphatic hydroxyl groups excluding tert-OH is 3. The highest BCUT2D eigenvalue weighted by Crippen LogP contribution is 2.18. The molecule has 0 aliphatic rings. The summed E-state index contributed by atoms with van der Waals surface area (Å²) in [6.07, 6.45) is 0.964. The van der Waals surface area contributed by atoms with Crippen LogP contribution in [0.4, 0.5) is 0 Å². The zero-order valence-electron chi connectivity index (χ0n) is 15.4. The molecule has 0 aliphatic carbocycles. The van der Waals surface area contributed by atoms with Gasteiger partial charge in [-0.2, -0.15) is 15.0 Å². The van der Waals surface area contributed by atoms with Crippen molar-refractivity contribution in [1.29, 1.82) is 0 Å². The maximum atomic E-state index is 11.6. The molecule has 0 bridgehead atoms. The second-order valence-corrected chi connectivity index (χ2v) is 6.39. The lowest BCUT2D eigenvalue weighted by molar-refractivity contribution is -0.152. The molecule has 0 fully saturated rings. The molecule has 148 valence electrons. The van der Waals surface area contributed by atoms with E-state index in [0.717, 1.165) is 25.7 Å². The van der Waals surface area contributed by atoms with E-state index < -0.39 is 30.9 Å². The Balaban J connectivity index is 1.83. The third kappa shape index (κ3) is 6.42. The van der Waals surface area contributed by atoms with Crippen LogP contribution in [0, 0.1) is 0 Å². The summed E-state index contributed by atoms with van der Waals surface area (Å²) in [5.41, 5.74) is 0.805. The summed E-state index contributed by atoms with van der Waals surface area (Å²) in [7, 11) is 0. The molecular weight excluding hydrogens is 350 g/mol. The van der Waals surface area contributed by atoms with Crippen molar-refractivity contribution >= 4 is 5.97 Å². The van der Waals surface area contributed by atoms with Gasteiger partial charge in [0.15, 0.2) is 0 Å². The highest BCUT2D eigenvalue weighted by Gasteiger charge is 2.29. The molecule has 27 heavy (non-hydrogen) atoms. The van der Waals surface area contributed by atoms with Crippen LogP contribution in [0.5, 0.6) is 0 Å². The van der Waals surface area contributed by atoms with Gasteiger partial charge in [0, 0.05) is 6.42 Å². The zero-order chi connectivity index (χ0) is 19.6. The summed E-state index contributed by atoms with van der Waals surface area (Å²) < 4.78 is 4.96. The van der Waals surface area contributed by atoms with Crippen molar-refractivity contribution in [2.75, 3.05) is 6.61 Å². The number of carbonyl (C=O) groups excluding carboxylic acids is 1. The number of hydrogen-bond donors (Lipinski definition) is 3. The summed E-state index contributed by atoms with van der Waals surface area (Å²) in [5.74, 6) is -0.429. The summed E-state index contributed by atoms with van der Waals surface area (Å²) >= 11 is 0. The predicted octanol–water partition coefficient (Wildman–Crippen LogP) is 1.54. The van der Waals surface area contributed by atoms with Crippen molar-refractivity contribution < 1.29 is 24.9 Å². The van der Waals surface area contributed by atoms with Gasteiger partial charge in [-0.05, 0) is 18.6 Å². The van der Waals surface area contributed by atoms with Crippen molar-refractivity contribution in [3.8, 4) is 5.69 Å². The van der Waals surface area contributed by atoms with Crippen LogP contribution in [-0.2, 0) is 9.53 Å². The third-order valence-corrected chi connectivity index (χ3v) is 4.17. The molecule has 0 spiro atoms. The molecule has 3 atom stereocenters. The third-order valence-electron chi connectivity index (χ3n) is 4.17. The SMILES string of the molecule is CCCCCCC(=O)OC[C@@H](O)[C@H](O)[C@H](O)c1cnn(-c2ccccc2)n1. The standard InChI is InChI=1S/C19H27N3O5/c1-2-3-4-8-11-17(24)27-13-16(23)19(26)18(25)15-12-20-22(21-15)14-9-6-5-7-10-14/h5-7,9-10,12,16,18-19,23,25-26H,2-4,8,11,13H2,1H3/t16-,18-,19+/m1/s1. The Kier molecular flexibility index (Phi) is 8.38. The Morgan fingerprint density at radius 1 is 1.15 bits per heavy atom. The molecule has 0 saturated heterocycles. The zero-order valence-corrected chi connectivity index (χ0v) is 15.4. The number of rotatable bonds is 11. The second kappa shape index (κ2) is 10.8. The number of benzene rings is 1. The van der Waals surface area contributed by atoms with Crippen molar-refractivity contribution in [2.45, 2.75) is 57.3 Å². The first kappa shape index (κ1) is 21.0. The van der Waals surface area contributed by atoms with Crippen molar-refractivity contribution in [1.82, 2.24) is 15.0 Å².